The predicted molar refractivity (Wildman–Crippen MR) is 134 cm³/mol. The van der Waals surface area contributed by atoms with Gasteiger partial charge < -0.3 is 5.32 Å². The lowest BCUT2D eigenvalue weighted by molar-refractivity contribution is 0.0936. The Balaban J connectivity index is 1.67. The number of aromatic nitrogens is 4. The number of fused-ring (bicyclic) bond motifs is 1. The Bertz CT molecular complexity index is 1670. The Morgan fingerprint density at radius 1 is 1.05 bits per heavy atom. The van der Waals surface area contributed by atoms with Crippen molar-refractivity contribution in [1.29, 1.82) is 0 Å². The second-order valence-corrected chi connectivity index (χ2v) is 12.1. The van der Waals surface area contributed by atoms with Gasteiger partial charge in [0, 0.05) is 30.6 Å². The standard InChI is InChI=1S/C23H23FN6O5S2/c1-36(32,33)22-11-15(7-9-26-22)20(8-10-28-37(2,34)35)29-23(31)19-12-25-14-21-18(19)13-27-30(21)17-5-3-16(24)4-6-17/h3-7,9,11-14,20,28H,8,10H2,1-2H3,(H,29,31)/t20-/m0/s1. The van der Waals surface area contributed by atoms with Crippen LogP contribution in [0.1, 0.15) is 28.4 Å². The molecule has 0 saturated carbocycles. The highest BCUT2D eigenvalue weighted by Gasteiger charge is 2.21. The molecule has 3 heterocycles. The summed E-state index contributed by atoms with van der Waals surface area (Å²) in [4.78, 5) is 21.4. The number of carbonyl (C=O) groups is 1. The number of rotatable bonds is 9. The molecule has 1 aromatic carbocycles. The lowest BCUT2D eigenvalue weighted by Gasteiger charge is -2.20. The highest BCUT2D eigenvalue weighted by molar-refractivity contribution is 7.90. The van der Waals surface area contributed by atoms with Crippen molar-refractivity contribution in [3.63, 3.8) is 0 Å². The third-order valence-corrected chi connectivity index (χ3v) is 7.17. The summed E-state index contributed by atoms with van der Waals surface area (Å²) in [6.07, 6.45) is 7.85. The lowest BCUT2D eigenvalue weighted by Crippen LogP contribution is -2.32. The number of carbonyl (C=O) groups excluding carboxylic acids is 1. The van der Waals surface area contributed by atoms with Gasteiger partial charge >= 0.3 is 0 Å². The third-order valence-electron chi connectivity index (χ3n) is 5.46. The van der Waals surface area contributed by atoms with E-state index in [1.165, 1.54) is 47.7 Å². The van der Waals surface area contributed by atoms with Gasteiger partial charge in [-0.2, -0.15) is 5.10 Å². The van der Waals surface area contributed by atoms with Crippen LogP contribution in [0, 0.1) is 5.82 Å². The molecule has 1 atom stereocenters. The monoisotopic (exact) mass is 546 g/mol. The molecule has 0 unspecified atom stereocenters. The van der Waals surface area contributed by atoms with E-state index in [1.807, 2.05) is 0 Å². The number of sulfonamides is 1. The van der Waals surface area contributed by atoms with Gasteiger partial charge in [0.15, 0.2) is 14.9 Å². The molecule has 0 saturated heterocycles. The summed E-state index contributed by atoms with van der Waals surface area (Å²) in [6, 6.07) is 7.80. The minimum absolute atomic E-state index is 0.00867. The highest BCUT2D eigenvalue weighted by atomic mass is 32.2. The van der Waals surface area contributed by atoms with Crippen molar-refractivity contribution in [3.05, 3.63) is 78.1 Å². The average molecular weight is 547 g/mol. The number of amides is 1. The van der Waals surface area contributed by atoms with Crippen molar-refractivity contribution >= 4 is 36.7 Å². The molecule has 4 aromatic rings. The van der Waals surface area contributed by atoms with Crippen LogP contribution in [0.4, 0.5) is 4.39 Å². The SMILES string of the molecule is CS(=O)(=O)NCC[C@H](NC(=O)c1cncc2c1cnn2-c1ccc(F)cc1)c1ccnc(S(C)(=O)=O)c1. The van der Waals surface area contributed by atoms with Crippen molar-refractivity contribution in [2.45, 2.75) is 17.5 Å². The first-order chi connectivity index (χ1) is 17.4. The summed E-state index contributed by atoms with van der Waals surface area (Å²) >= 11 is 0. The molecule has 0 radical (unpaired) electrons. The van der Waals surface area contributed by atoms with Crippen LogP contribution in [0.15, 0.2) is 66.2 Å². The third kappa shape index (κ3) is 6.34. The molecule has 0 spiro atoms. The molecule has 1 amide bonds. The van der Waals surface area contributed by atoms with Gasteiger partial charge in [-0.15, -0.1) is 0 Å². The van der Waals surface area contributed by atoms with E-state index in [0.29, 0.717) is 22.2 Å². The second-order valence-electron chi connectivity index (χ2n) is 8.33. The molecule has 37 heavy (non-hydrogen) atoms. The molecule has 194 valence electrons. The normalized spacial score (nSPS) is 12.9. The fourth-order valence-electron chi connectivity index (χ4n) is 3.70. The average Bonchev–Trinajstić information content (AvgIpc) is 3.27. The van der Waals surface area contributed by atoms with Gasteiger partial charge in [-0.25, -0.2) is 35.6 Å². The molecule has 2 N–H and O–H groups in total. The Hall–Kier alpha value is -3.75. The largest absolute Gasteiger partial charge is 0.345 e. The van der Waals surface area contributed by atoms with Crippen molar-refractivity contribution in [2.24, 2.45) is 0 Å². The quantitative estimate of drug-likeness (QED) is 0.322. The minimum atomic E-state index is -3.62. The van der Waals surface area contributed by atoms with Crippen LogP contribution in [0.2, 0.25) is 0 Å². The number of benzene rings is 1. The first kappa shape index (κ1) is 26.3. The second kappa shape index (κ2) is 10.3. The van der Waals surface area contributed by atoms with E-state index in [4.69, 9.17) is 0 Å². The molecule has 0 bridgehead atoms. The number of hydrogen-bond donors (Lipinski definition) is 2. The number of hydrogen-bond acceptors (Lipinski definition) is 8. The minimum Gasteiger partial charge on any atom is -0.345 e. The first-order valence-electron chi connectivity index (χ1n) is 10.9. The maximum atomic E-state index is 13.4. The van der Waals surface area contributed by atoms with Crippen LogP contribution >= 0.6 is 0 Å². The fraction of sp³-hybridized carbons (Fsp3) is 0.217. The lowest BCUT2D eigenvalue weighted by atomic mass is 10.0. The van der Waals surface area contributed by atoms with Crippen LogP contribution in [-0.4, -0.2) is 61.5 Å². The highest BCUT2D eigenvalue weighted by Crippen LogP contribution is 2.24. The van der Waals surface area contributed by atoms with E-state index < -0.39 is 37.6 Å². The zero-order chi connectivity index (χ0) is 26.8. The number of sulfone groups is 1. The van der Waals surface area contributed by atoms with Crippen LogP contribution in [0.25, 0.3) is 16.6 Å². The van der Waals surface area contributed by atoms with Crippen LogP contribution in [0.5, 0.6) is 0 Å². The molecule has 14 heteroatoms. The van der Waals surface area contributed by atoms with E-state index >= 15 is 0 Å². The summed E-state index contributed by atoms with van der Waals surface area (Å²) in [5.74, 6) is -0.927. The van der Waals surface area contributed by atoms with Crippen molar-refractivity contribution in [1.82, 2.24) is 29.8 Å². The maximum Gasteiger partial charge on any atom is 0.254 e. The fourth-order valence-corrected chi connectivity index (χ4v) is 4.79. The van der Waals surface area contributed by atoms with Gasteiger partial charge in [-0.05, 0) is 48.4 Å². The number of pyridine rings is 2. The molecule has 0 fully saturated rings. The van der Waals surface area contributed by atoms with E-state index in [-0.39, 0.29) is 23.6 Å². The van der Waals surface area contributed by atoms with Crippen molar-refractivity contribution in [3.8, 4) is 5.69 Å². The molecule has 4 rings (SSSR count). The molecule has 0 aliphatic heterocycles. The Morgan fingerprint density at radius 3 is 2.46 bits per heavy atom. The van der Waals surface area contributed by atoms with E-state index in [0.717, 1.165) is 12.5 Å². The Kier molecular flexibility index (Phi) is 7.34. The Morgan fingerprint density at radius 2 is 1.78 bits per heavy atom. The van der Waals surface area contributed by atoms with Crippen LogP contribution in [0.3, 0.4) is 0 Å². The van der Waals surface area contributed by atoms with Crippen LogP contribution in [-0.2, 0) is 19.9 Å². The van der Waals surface area contributed by atoms with E-state index in [9.17, 15) is 26.0 Å². The number of nitrogens with zero attached hydrogens (tertiary/aromatic N) is 4. The molecular weight excluding hydrogens is 523 g/mol. The van der Waals surface area contributed by atoms with Crippen molar-refractivity contribution < 1.29 is 26.0 Å². The van der Waals surface area contributed by atoms with E-state index in [1.54, 1.807) is 18.2 Å². The van der Waals surface area contributed by atoms with Crippen LogP contribution < -0.4 is 10.0 Å². The molecular formula is C23H23FN6O5S2. The summed E-state index contributed by atoms with van der Waals surface area (Å²) in [5, 5.41) is 7.46. The maximum absolute atomic E-state index is 13.4. The summed E-state index contributed by atoms with van der Waals surface area (Å²) in [6.45, 7) is -0.00867. The predicted octanol–water partition coefficient (Wildman–Crippen LogP) is 1.77. The molecule has 0 aliphatic carbocycles. The zero-order valence-corrected chi connectivity index (χ0v) is 21.4. The van der Waals surface area contributed by atoms with Crippen molar-refractivity contribution in [2.75, 3.05) is 19.1 Å². The number of nitrogens with one attached hydrogen (secondary N) is 2. The van der Waals surface area contributed by atoms with Gasteiger partial charge in [-0.3, -0.25) is 9.78 Å². The van der Waals surface area contributed by atoms with Gasteiger partial charge in [0.25, 0.3) is 5.91 Å². The zero-order valence-electron chi connectivity index (χ0n) is 19.8. The smallest absolute Gasteiger partial charge is 0.254 e. The summed E-state index contributed by atoms with van der Waals surface area (Å²) < 4.78 is 64.3. The molecule has 3 aromatic heterocycles. The van der Waals surface area contributed by atoms with Gasteiger partial charge in [0.1, 0.15) is 5.82 Å². The van der Waals surface area contributed by atoms with E-state index in [2.05, 4.69) is 25.1 Å². The van der Waals surface area contributed by atoms with Gasteiger partial charge in [-0.1, -0.05) is 0 Å². The first-order valence-corrected chi connectivity index (χ1v) is 14.7. The number of halogens is 1. The summed E-state index contributed by atoms with van der Waals surface area (Å²) in [5.41, 5.74) is 1.72. The molecule has 0 aliphatic rings. The summed E-state index contributed by atoms with van der Waals surface area (Å²) in [7, 11) is -7.10. The topological polar surface area (TPSA) is 153 Å². The van der Waals surface area contributed by atoms with Gasteiger partial charge in [0.05, 0.1) is 41.5 Å². The van der Waals surface area contributed by atoms with Gasteiger partial charge in [0.2, 0.25) is 10.0 Å². The molecule has 11 nitrogen and oxygen atoms in total. The Labute approximate surface area is 212 Å².